The van der Waals surface area contributed by atoms with Gasteiger partial charge in [-0.15, -0.1) is 11.3 Å². The molecule has 0 saturated heterocycles. The second-order valence-electron chi connectivity index (χ2n) is 5.42. The molecule has 0 bridgehead atoms. The zero-order valence-corrected chi connectivity index (χ0v) is 16.0. The minimum atomic E-state index is -0.501. The Hall–Kier alpha value is -2.61. The average molecular weight is 423 g/mol. The summed E-state index contributed by atoms with van der Waals surface area (Å²) < 4.78 is 5.53. The monoisotopic (exact) mass is 422 g/mol. The third kappa shape index (κ3) is 4.77. The van der Waals surface area contributed by atoms with Gasteiger partial charge in [0.05, 0.1) is 19.8 Å². The van der Waals surface area contributed by atoms with E-state index >= 15 is 0 Å². The number of hydrogen-bond acceptors (Lipinski definition) is 5. The van der Waals surface area contributed by atoms with Crippen molar-refractivity contribution in [1.29, 1.82) is 0 Å². The number of nitrogens with one attached hydrogen (secondary N) is 1. The number of rotatable bonds is 6. The zero-order chi connectivity index (χ0) is 19.4. The Morgan fingerprint density at radius 1 is 1.15 bits per heavy atom. The van der Waals surface area contributed by atoms with Gasteiger partial charge in [0.2, 0.25) is 0 Å². The lowest BCUT2D eigenvalue weighted by Crippen LogP contribution is -2.10. The normalized spacial score (nSPS) is 10.4. The Morgan fingerprint density at radius 3 is 2.67 bits per heavy atom. The molecule has 1 aromatic heterocycles. The van der Waals surface area contributed by atoms with E-state index in [-0.39, 0.29) is 24.0 Å². The van der Waals surface area contributed by atoms with Crippen LogP contribution in [0.3, 0.4) is 0 Å². The average Bonchev–Trinajstić information content (AvgIpc) is 3.12. The topological polar surface area (TPSA) is 81.5 Å². The van der Waals surface area contributed by atoms with Gasteiger partial charge < -0.3 is 10.1 Å². The predicted octanol–water partition coefficient (Wildman–Crippen LogP) is 5.79. The highest BCUT2D eigenvalue weighted by atomic mass is 35.5. The Bertz CT molecular complexity index is 1010. The molecule has 9 heteroatoms. The van der Waals surface area contributed by atoms with Crippen molar-refractivity contribution in [3.8, 4) is 5.75 Å². The van der Waals surface area contributed by atoms with Crippen molar-refractivity contribution in [2.75, 3.05) is 5.32 Å². The SMILES string of the molecule is O=C(Nc1ccc(Cl)c(Cl)c1)c1cc(COc2ccccc2[N+](=O)[O-])cs1. The van der Waals surface area contributed by atoms with Gasteiger partial charge in [-0.2, -0.15) is 0 Å². The molecule has 2 aromatic carbocycles. The van der Waals surface area contributed by atoms with E-state index in [9.17, 15) is 14.9 Å². The maximum atomic E-state index is 12.3. The maximum Gasteiger partial charge on any atom is 0.310 e. The fraction of sp³-hybridized carbons (Fsp3) is 0.0556. The van der Waals surface area contributed by atoms with Crippen LogP contribution in [0.4, 0.5) is 11.4 Å². The number of anilines is 1. The highest BCUT2D eigenvalue weighted by Crippen LogP contribution is 2.28. The van der Waals surface area contributed by atoms with Gasteiger partial charge in [-0.25, -0.2) is 0 Å². The third-order valence-corrected chi connectivity index (χ3v) is 5.23. The summed E-state index contributed by atoms with van der Waals surface area (Å²) in [6.45, 7) is 0.113. The van der Waals surface area contributed by atoms with Gasteiger partial charge in [-0.1, -0.05) is 35.3 Å². The molecule has 1 amide bonds. The molecule has 0 aliphatic heterocycles. The van der Waals surface area contributed by atoms with Crippen LogP contribution in [0.5, 0.6) is 5.75 Å². The summed E-state index contributed by atoms with van der Waals surface area (Å²) in [5.41, 5.74) is 1.16. The van der Waals surface area contributed by atoms with E-state index in [1.807, 2.05) is 0 Å². The number of halogens is 2. The number of thiophene rings is 1. The lowest BCUT2D eigenvalue weighted by molar-refractivity contribution is -0.385. The maximum absolute atomic E-state index is 12.3. The van der Waals surface area contributed by atoms with Crippen molar-refractivity contribution in [2.45, 2.75) is 6.61 Å². The second-order valence-corrected chi connectivity index (χ2v) is 7.14. The van der Waals surface area contributed by atoms with Crippen LogP contribution in [0.15, 0.2) is 53.9 Å². The minimum absolute atomic E-state index is 0.106. The van der Waals surface area contributed by atoms with Crippen LogP contribution in [0.2, 0.25) is 10.0 Å². The number of benzene rings is 2. The van der Waals surface area contributed by atoms with Crippen molar-refractivity contribution in [3.05, 3.63) is 84.5 Å². The molecule has 0 saturated carbocycles. The Morgan fingerprint density at radius 2 is 1.93 bits per heavy atom. The number of hydrogen-bond donors (Lipinski definition) is 1. The Labute approximate surface area is 168 Å². The van der Waals surface area contributed by atoms with E-state index < -0.39 is 4.92 Å². The van der Waals surface area contributed by atoms with Crippen molar-refractivity contribution in [1.82, 2.24) is 0 Å². The van der Waals surface area contributed by atoms with Gasteiger partial charge in [0.25, 0.3) is 5.91 Å². The molecule has 27 heavy (non-hydrogen) atoms. The van der Waals surface area contributed by atoms with Crippen LogP contribution in [-0.2, 0) is 6.61 Å². The summed E-state index contributed by atoms with van der Waals surface area (Å²) in [6.07, 6.45) is 0. The molecule has 0 unspecified atom stereocenters. The van der Waals surface area contributed by atoms with Crippen LogP contribution >= 0.6 is 34.5 Å². The fourth-order valence-electron chi connectivity index (χ4n) is 2.23. The molecule has 6 nitrogen and oxygen atoms in total. The van der Waals surface area contributed by atoms with E-state index in [1.54, 1.807) is 41.8 Å². The largest absolute Gasteiger partial charge is 0.482 e. The summed E-state index contributed by atoms with van der Waals surface area (Å²) >= 11 is 13.0. The molecule has 0 aliphatic carbocycles. The van der Waals surface area contributed by atoms with Crippen LogP contribution in [0.25, 0.3) is 0 Å². The summed E-state index contributed by atoms with van der Waals surface area (Å²) in [4.78, 5) is 23.3. The van der Waals surface area contributed by atoms with E-state index in [4.69, 9.17) is 27.9 Å². The van der Waals surface area contributed by atoms with Crippen LogP contribution < -0.4 is 10.1 Å². The fourth-order valence-corrected chi connectivity index (χ4v) is 3.32. The molecule has 0 atom stereocenters. The molecule has 0 fully saturated rings. The van der Waals surface area contributed by atoms with Crippen molar-refractivity contribution < 1.29 is 14.5 Å². The van der Waals surface area contributed by atoms with Gasteiger partial charge in [-0.05, 0) is 35.7 Å². The predicted molar refractivity (Wildman–Crippen MR) is 106 cm³/mol. The summed E-state index contributed by atoms with van der Waals surface area (Å²) in [6, 6.07) is 12.6. The standard InChI is InChI=1S/C18H12Cl2N2O4S/c19-13-6-5-12(8-14(13)20)21-18(23)17-7-11(10-27-17)9-26-16-4-2-1-3-15(16)22(24)25/h1-8,10H,9H2,(H,21,23). The van der Waals surface area contributed by atoms with Gasteiger partial charge in [-0.3, -0.25) is 14.9 Å². The number of carbonyl (C=O) groups is 1. The van der Waals surface area contributed by atoms with E-state index in [0.29, 0.717) is 20.6 Å². The smallest absolute Gasteiger partial charge is 0.310 e. The molecule has 0 radical (unpaired) electrons. The van der Waals surface area contributed by atoms with Crippen LogP contribution in [-0.4, -0.2) is 10.8 Å². The molecule has 138 valence electrons. The number of nitro groups is 1. The van der Waals surface area contributed by atoms with Crippen molar-refractivity contribution >= 4 is 51.8 Å². The molecule has 0 aliphatic rings. The number of carbonyl (C=O) groups excluding carboxylic acids is 1. The highest BCUT2D eigenvalue weighted by Gasteiger charge is 2.15. The number of amides is 1. The lowest BCUT2D eigenvalue weighted by atomic mass is 10.3. The zero-order valence-electron chi connectivity index (χ0n) is 13.6. The first-order chi connectivity index (χ1) is 12.9. The van der Waals surface area contributed by atoms with Gasteiger partial charge in [0, 0.05) is 17.3 Å². The molecular weight excluding hydrogens is 411 g/mol. The number of nitro benzene ring substituents is 1. The third-order valence-electron chi connectivity index (χ3n) is 3.51. The Kier molecular flexibility index (Phi) is 5.95. The minimum Gasteiger partial charge on any atom is -0.482 e. The van der Waals surface area contributed by atoms with E-state index in [2.05, 4.69) is 5.32 Å². The highest BCUT2D eigenvalue weighted by molar-refractivity contribution is 7.12. The Balaban J connectivity index is 1.65. The van der Waals surface area contributed by atoms with E-state index in [0.717, 1.165) is 5.56 Å². The van der Waals surface area contributed by atoms with Gasteiger partial charge in [0.15, 0.2) is 5.75 Å². The first-order valence-corrected chi connectivity index (χ1v) is 9.27. The molecule has 0 spiro atoms. The number of nitrogens with zero attached hydrogens (tertiary/aromatic N) is 1. The van der Waals surface area contributed by atoms with Crippen LogP contribution in [0.1, 0.15) is 15.2 Å². The van der Waals surface area contributed by atoms with Gasteiger partial charge >= 0.3 is 5.69 Å². The molecule has 1 heterocycles. The summed E-state index contributed by atoms with van der Waals surface area (Å²) in [7, 11) is 0. The van der Waals surface area contributed by atoms with E-state index in [1.165, 1.54) is 23.5 Å². The molecule has 1 N–H and O–H groups in total. The lowest BCUT2D eigenvalue weighted by Gasteiger charge is -2.05. The van der Waals surface area contributed by atoms with Gasteiger partial charge in [0.1, 0.15) is 6.61 Å². The van der Waals surface area contributed by atoms with Crippen LogP contribution in [0, 0.1) is 10.1 Å². The first kappa shape index (κ1) is 19.2. The second kappa shape index (κ2) is 8.39. The molecular formula is C18H12Cl2N2O4S. The first-order valence-electron chi connectivity index (χ1n) is 7.64. The quantitative estimate of drug-likeness (QED) is 0.402. The number of ether oxygens (including phenoxy) is 1. The van der Waals surface area contributed by atoms with Crippen molar-refractivity contribution in [3.63, 3.8) is 0 Å². The van der Waals surface area contributed by atoms with Crippen molar-refractivity contribution in [2.24, 2.45) is 0 Å². The summed E-state index contributed by atoms with van der Waals surface area (Å²) in [5.74, 6) is -0.120. The molecule has 3 aromatic rings. The summed E-state index contributed by atoms with van der Waals surface area (Å²) in [5, 5.41) is 16.2. The molecule has 3 rings (SSSR count). The number of para-hydroxylation sites is 2.